The van der Waals surface area contributed by atoms with Crippen LogP contribution in [0, 0.1) is 17.8 Å². The van der Waals surface area contributed by atoms with Crippen LogP contribution in [0.15, 0.2) is 24.3 Å². The average Bonchev–Trinajstić information content (AvgIpc) is 2.97. The Kier molecular flexibility index (Phi) is 6.29. The smallest absolute Gasteiger partial charge is 0.315 e. The van der Waals surface area contributed by atoms with E-state index in [2.05, 4.69) is 24.5 Å². The first kappa shape index (κ1) is 20.0. The van der Waals surface area contributed by atoms with E-state index < -0.39 is 10.0 Å². The molecular formula is C20H31N3O3S. The lowest BCUT2D eigenvalue weighted by molar-refractivity contribution is 0.207. The van der Waals surface area contributed by atoms with Crippen molar-refractivity contribution in [1.29, 1.82) is 0 Å². The van der Waals surface area contributed by atoms with Gasteiger partial charge in [-0.3, -0.25) is 4.31 Å². The van der Waals surface area contributed by atoms with E-state index in [4.69, 9.17) is 0 Å². The van der Waals surface area contributed by atoms with E-state index in [9.17, 15) is 13.2 Å². The van der Waals surface area contributed by atoms with Crippen LogP contribution in [0.1, 0.15) is 45.1 Å². The maximum atomic E-state index is 12.1. The highest BCUT2D eigenvalue weighted by Gasteiger charge is 2.28. The second-order valence-corrected chi connectivity index (χ2v) is 10.3. The third kappa shape index (κ3) is 5.37. The zero-order valence-electron chi connectivity index (χ0n) is 16.3. The number of benzene rings is 1. The van der Waals surface area contributed by atoms with Gasteiger partial charge in [0.05, 0.1) is 11.4 Å². The van der Waals surface area contributed by atoms with Crippen molar-refractivity contribution >= 4 is 21.7 Å². The lowest BCUT2D eigenvalue weighted by atomic mass is 9.77. The van der Waals surface area contributed by atoms with Crippen molar-refractivity contribution < 1.29 is 13.2 Å². The van der Waals surface area contributed by atoms with Gasteiger partial charge in [0.25, 0.3) is 0 Å². The summed E-state index contributed by atoms with van der Waals surface area (Å²) < 4.78 is 25.4. The number of urea groups is 1. The van der Waals surface area contributed by atoms with Crippen molar-refractivity contribution in [2.75, 3.05) is 23.1 Å². The normalized spacial score (nSPS) is 27.3. The number of nitrogens with zero attached hydrogens (tertiary/aromatic N) is 1. The Morgan fingerprint density at radius 1 is 1.07 bits per heavy atom. The molecule has 2 N–H and O–H groups in total. The molecule has 1 aliphatic heterocycles. The number of hydrogen-bond donors (Lipinski definition) is 2. The van der Waals surface area contributed by atoms with Crippen molar-refractivity contribution in [1.82, 2.24) is 10.6 Å². The largest absolute Gasteiger partial charge is 0.338 e. The SMILES string of the molecule is CC1CC(C)CC(CNC(=O)NCc2ccc(N3CCCS3(=O)=O)cc2)C1. The number of anilines is 1. The van der Waals surface area contributed by atoms with Crippen LogP contribution in [0.5, 0.6) is 0 Å². The molecule has 2 atom stereocenters. The molecule has 2 amide bonds. The molecule has 7 heteroatoms. The van der Waals surface area contributed by atoms with E-state index in [-0.39, 0.29) is 11.8 Å². The van der Waals surface area contributed by atoms with E-state index in [1.165, 1.54) is 23.6 Å². The zero-order chi connectivity index (χ0) is 19.4. The first-order valence-electron chi connectivity index (χ1n) is 9.94. The standard InChI is InChI=1S/C20H31N3O3S/c1-15-10-16(2)12-18(11-15)14-22-20(24)21-13-17-4-6-19(7-5-17)23-8-3-9-27(23,25)26/h4-7,15-16,18H,3,8-14H2,1-2H3,(H2,21,22,24). The van der Waals surface area contributed by atoms with Gasteiger partial charge in [0.1, 0.15) is 0 Å². The van der Waals surface area contributed by atoms with E-state index in [0.717, 1.165) is 23.9 Å². The second-order valence-electron chi connectivity index (χ2n) is 8.26. The van der Waals surface area contributed by atoms with Gasteiger partial charge in [-0.1, -0.05) is 26.0 Å². The van der Waals surface area contributed by atoms with Gasteiger partial charge in [-0.15, -0.1) is 0 Å². The molecule has 2 unspecified atom stereocenters. The molecule has 1 heterocycles. The number of rotatable bonds is 5. The maximum Gasteiger partial charge on any atom is 0.315 e. The number of carbonyl (C=O) groups excluding carboxylic acids is 1. The van der Waals surface area contributed by atoms with Gasteiger partial charge >= 0.3 is 6.03 Å². The highest BCUT2D eigenvalue weighted by molar-refractivity contribution is 7.93. The second kappa shape index (κ2) is 8.50. The van der Waals surface area contributed by atoms with Crippen molar-refractivity contribution in [2.45, 2.75) is 46.1 Å². The molecule has 1 aromatic rings. The van der Waals surface area contributed by atoms with E-state index in [1.807, 2.05) is 24.3 Å². The molecule has 1 aliphatic carbocycles. The highest BCUT2D eigenvalue weighted by atomic mass is 32.2. The van der Waals surface area contributed by atoms with Crippen molar-refractivity contribution in [3.63, 3.8) is 0 Å². The molecule has 1 saturated carbocycles. The first-order chi connectivity index (χ1) is 12.8. The zero-order valence-corrected chi connectivity index (χ0v) is 17.1. The predicted molar refractivity (Wildman–Crippen MR) is 108 cm³/mol. The summed E-state index contributed by atoms with van der Waals surface area (Å²) in [6.45, 7) is 6.28. The average molecular weight is 394 g/mol. The van der Waals surface area contributed by atoms with E-state index in [0.29, 0.717) is 31.1 Å². The molecule has 0 spiro atoms. The Hall–Kier alpha value is -1.76. The Morgan fingerprint density at radius 3 is 2.33 bits per heavy atom. The van der Waals surface area contributed by atoms with Crippen LogP contribution in [0.25, 0.3) is 0 Å². The lowest BCUT2D eigenvalue weighted by Crippen LogP contribution is -2.39. The molecular weight excluding hydrogens is 362 g/mol. The predicted octanol–water partition coefficient (Wildman–Crippen LogP) is 3.10. The van der Waals surface area contributed by atoms with Gasteiger partial charge in [0.2, 0.25) is 10.0 Å². The maximum absolute atomic E-state index is 12.1. The minimum atomic E-state index is -3.15. The van der Waals surface area contributed by atoms with Gasteiger partial charge < -0.3 is 10.6 Å². The summed E-state index contributed by atoms with van der Waals surface area (Å²) in [5, 5.41) is 5.88. The molecule has 27 heavy (non-hydrogen) atoms. The molecule has 1 aromatic carbocycles. The van der Waals surface area contributed by atoms with Crippen LogP contribution in [-0.4, -0.2) is 33.3 Å². The molecule has 1 saturated heterocycles. The third-order valence-electron chi connectivity index (χ3n) is 5.60. The number of hydrogen-bond acceptors (Lipinski definition) is 3. The molecule has 150 valence electrons. The summed E-state index contributed by atoms with van der Waals surface area (Å²) >= 11 is 0. The molecule has 2 fully saturated rings. The quantitative estimate of drug-likeness (QED) is 0.807. The van der Waals surface area contributed by atoms with E-state index >= 15 is 0 Å². The van der Waals surface area contributed by atoms with E-state index in [1.54, 1.807) is 0 Å². The fourth-order valence-electron chi connectivity index (χ4n) is 4.47. The van der Waals surface area contributed by atoms with Gasteiger partial charge in [-0.25, -0.2) is 13.2 Å². The van der Waals surface area contributed by atoms with Crippen molar-refractivity contribution in [2.24, 2.45) is 17.8 Å². The fraction of sp³-hybridized carbons (Fsp3) is 0.650. The molecule has 0 bridgehead atoms. The van der Waals surface area contributed by atoms with Crippen LogP contribution in [-0.2, 0) is 16.6 Å². The monoisotopic (exact) mass is 393 g/mol. The summed E-state index contributed by atoms with van der Waals surface area (Å²) in [7, 11) is -3.15. The minimum Gasteiger partial charge on any atom is -0.338 e. The number of sulfonamides is 1. The highest BCUT2D eigenvalue weighted by Crippen LogP contribution is 2.32. The van der Waals surface area contributed by atoms with Gasteiger partial charge in [0.15, 0.2) is 0 Å². The van der Waals surface area contributed by atoms with Crippen LogP contribution in [0.2, 0.25) is 0 Å². The molecule has 3 rings (SSSR count). The lowest BCUT2D eigenvalue weighted by Gasteiger charge is -2.31. The molecule has 6 nitrogen and oxygen atoms in total. The Labute approximate surface area is 162 Å². The van der Waals surface area contributed by atoms with Gasteiger partial charge in [-0.2, -0.15) is 0 Å². The summed E-state index contributed by atoms with van der Waals surface area (Å²) in [6, 6.07) is 7.21. The first-order valence-corrected chi connectivity index (χ1v) is 11.6. The molecule has 0 radical (unpaired) electrons. The molecule has 2 aliphatic rings. The summed E-state index contributed by atoms with van der Waals surface area (Å²) in [5.41, 5.74) is 1.65. The Morgan fingerprint density at radius 2 is 1.74 bits per heavy atom. The number of carbonyl (C=O) groups is 1. The Bertz CT molecular complexity index is 738. The summed E-state index contributed by atoms with van der Waals surface area (Å²) in [5.74, 6) is 2.26. The van der Waals surface area contributed by atoms with Crippen LogP contribution < -0.4 is 14.9 Å². The van der Waals surface area contributed by atoms with Gasteiger partial charge in [0, 0.05) is 19.6 Å². The van der Waals surface area contributed by atoms with Crippen LogP contribution in [0.3, 0.4) is 0 Å². The van der Waals surface area contributed by atoms with Crippen molar-refractivity contribution in [3.8, 4) is 0 Å². The fourth-order valence-corrected chi connectivity index (χ4v) is 6.04. The van der Waals surface area contributed by atoms with Crippen LogP contribution in [0.4, 0.5) is 10.5 Å². The molecule has 0 aromatic heterocycles. The Balaban J connectivity index is 1.44. The van der Waals surface area contributed by atoms with Gasteiger partial charge in [-0.05, 0) is 61.1 Å². The topological polar surface area (TPSA) is 78.5 Å². The number of amides is 2. The summed E-state index contributed by atoms with van der Waals surface area (Å²) in [4.78, 5) is 12.1. The van der Waals surface area contributed by atoms with Crippen molar-refractivity contribution in [3.05, 3.63) is 29.8 Å². The summed E-state index contributed by atoms with van der Waals surface area (Å²) in [6.07, 6.45) is 4.33. The minimum absolute atomic E-state index is 0.146. The third-order valence-corrected chi connectivity index (χ3v) is 7.47. The van der Waals surface area contributed by atoms with Crippen LogP contribution >= 0.6 is 0 Å². The number of nitrogens with one attached hydrogen (secondary N) is 2.